The minimum absolute atomic E-state index is 0.121. The lowest BCUT2D eigenvalue weighted by Crippen LogP contribution is -2.43. The van der Waals surface area contributed by atoms with E-state index in [-0.39, 0.29) is 25.4 Å². The van der Waals surface area contributed by atoms with E-state index in [1.54, 1.807) is 4.90 Å². The third-order valence-electron chi connectivity index (χ3n) is 3.27. The Morgan fingerprint density at radius 2 is 1.62 bits per heavy atom. The average molecular weight is 347 g/mol. The van der Waals surface area contributed by atoms with Gasteiger partial charge in [-0.3, -0.25) is 0 Å². The summed E-state index contributed by atoms with van der Waals surface area (Å²) in [5, 5.41) is 8.39. The second-order valence-corrected chi connectivity index (χ2v) is 6.60. The maximum absolute atomic E-state index is 11.9. The van der Waals surface area contributed by atoms with Crippen LogP contribution in [-0.4, -0.2) is 79.9 Å². The first-order valence-corrected chi connectivity index (χ1v) is 8.25. The van der Waals surface area contributed by atoms with Gasteiger partial charge in [0.2, 0.25) is 0 Å². The Hall–Kier alpha value is -1.38. The SMILES string of the molecule is CC(C)(C)OC(=O)N1CCC(OCCOCCOCC(=O)O)CC1. The highest BCUT2D eigenvalue weighted by atomic mass is 16.6. The van der Waals surface area contributed by atoms with Crippen LogP contribution in [0.25, 0.3) is 0 Å². The van der Waals surface area contributed by atoms with Gasteiger partial charge in [-0.1, -0.05) is 0 Å². The number of aliphatic carboxylic acids is 1. The highest BCUT2D eigenvalue weighted by Gasteiger charge is 2.26. The summed E-state index contributed by atoms with van der Waals surface area (Å²) >= 11 is 0. The van der Waals surface area contributed by atoms with Crippen molar-refractivity contribution >= 4 is 12.1 Å². The number of carbonyl (C=O) groups is 2. The molecule has 0 aromatic carbocycles. The fourth-order valence-corrected chi connectivity index (χ4v) is 2.18. The summed E-state index contributed by atoms with van der Waals surface area (Å²) in [4.78, 5) is 23.9. The summed E-state index contributed by atoms with van der Waals surface area (Å²) < 4.78 is 21.2. The molecule has 0 radical (unpaired) electrons. The van der Waals surface area contributed by atoms with E-state index in [9.17, 15) is 9.59 Å². The molecule has 1 amide bonds. The molecule has 1 rings (SSSR count). The first-order chi connectivity index (χ1) is 11.3. The molecule has 0 atom stereocenters. The van der Waals surface area contributed by atoms with Crippen LogP contribution in [0.4, 0.5) is 4.79 Å². The van der Waals surface area contributed by atoms with Crippen LogP contribution in [0.2, 0.25) is 0 Å². The number of likely N-dealkylation sites (tertiary alicyclic amines) is 1. The molecule has 1 saturated heterocycles. The molecule has 0 aromatic heterocycles. The minimum atomic E-state index is -0.990. The van der Waals surface area contributed by atoms with Gasteiger partial charge < -0.3 is 29.0 Å². The fourth-order valence-electron chi connectivity index (χ4n) is 2.18. The largest absolute Gasteiger partial charge is 0.480 e. The number of hydrogen-bond donors (Lipinski definition) is 1. The van der Waals surface area contributed by atoms with Crippen molar-refractivity contribution in [2.75, 3.05) is 46.1 Å². The number of amides is 1. The molecule has 0 aromatic rings. The van der Waals surface area contributed by atoms with Gasteiger partial charge >= 0.3 is 12.1 Å². The highest BCUT2D eigenvalue weighted by molar-refractivity contribution is 5.68. The molecule has 0 bridgehead atoms. The van der Waals surface area contributed by atoms with Crippen LogP contribution < -0.4 is 0 Å². The molecule has 0 aliphatic carbocycles. The van der Waals surface area contributed by atoms with Gasteiger partial charge in [0.05, 0.1) is 32.5 Å². The number of hydrogen-bond acceptors (Lipinski definition) is 6. The first-order valence-electron chi connectivity index (χ1n) is 8.25. The summed E-state index contributed by atoms with van der Waals surface area (Å²) in [6, 6.07) is 0. The summed E-state index contributed by atoms with van der Waals surface area (Å²) in [5.74, 6) is -0.990. The van der Waals surface area contributed by atoms with Crippen LogP contribution in [-0.2, 0) is 23.7 Å². The average Bonchev–Trinajstić information content (AvgIpc) is 2.48. The Balaban J connectivity index is 2.02. The number of nitrogens with zero attached hydrogens (tertiary/aromatic N) is 1. The predicted molar refractivity (Wildman–Crippen MR) is 86.1 cm³/mol. The maximum atomic E-state index is 11.9. The molecule has 0 unspecified atom stereocenters. The lowest BCUT2D eigenvalue weighted by molar-refractivity contribution is -0.142. The zero-order chi connectivity index (χ0) is 18.0. The Morgan fingerprint density at radius 1 is 1.04 bits per heavy atom. The number of carbonyl (C=O) groups excluding carboxylic acids is 1. The van der Waals surface area contributed by atoms with E-state index in [0.29, 0.717) is 32.9 Å². The topological polar surface area (TPSA) is 94.5 Å². The maximum Gasteiger partial charge on any atom is 0.410 e. The van der Waals surface area contributed by atoms with Crippen molar-refractivity contribution in [3.63, 3.8) is 0 Å². The molecule has 8 nitrogen and oxygen atoms in total. The van der Waals surface area contributed by atoms with Gasteiger partial charge in [-0.2, -0.15) is 0 Å². The molecule has 1 N–H and O–H groups in total. The van der Waals surface area contributed by atoms with Crippen molar-refractivity contribution in [1.29, 1.82) is 0 Å². The zero-order valence-electron chi connectivity index (χ0n) is 14.8. The summed E-state index contributed by atoms with van der Waals surface area (Å²) in [5.41, 5.74) is -0.476. The van der Waals surface area contributed by atoms with Crippen molar-refractivity contribution in [2.45, 2.75) is 45.3 Å². The van der Waals surface area contributed by atoms with Crippen molar-refractivity contribution in [2.24, 2.45) is 0 Å². The summed E-state index contributed by atoms with van der Waals surface area (Å²) in [7, 11) is 0. The van der Waals surface area contributed by atoms with Crippen LogP contribution >= 0.6 is 0 Å². The van der Waals surface area contributed by atoms with Crippen molar-refractivity contribution < 1.29 is 33.6 Å². The Morgan fingerprint density at radius 3 is 2.21 bits per heavy atom. The minimum Gasteiger partial charge on any atom is -0.480 e. The van der Waals surface area contributed by atoms with Gasteiger partial charge in [-0.05, 0) is 33.6 Å². The second kappa shape index (κ2) is 10.5. The molecule has 1 aliphatic heterocycles. The van der Waals surface area contributed by atoms with Gasteiger partial charge in [-0.15, -0.1) is 0 Å². The molecular weight excluding hydrogens is 318 g/mol. The van der Waals surface area contributed by atoms with Gasteiger partial charge in [0.15, 0.2) is 0 Å². The van der Waals surface area contributed by atoms with Crippen LogP contribution in [0.15, 0.2) is 0 Å². The van der Waals surface area contributed by atoms with Gasteiger partial charge in [0.25, 0.3) is 0 Å². The Kier molecular flexibility index (Phi) is 9.02. The third kappa shape index (κ3) is 9.69. The number of carboxylic acid groups (broad SMARTS) is 1. The van der Waals surface area contributed by atoms with Crippen LogP contribution in [0.1, 0.15) is 33.6 Å². The number of ether oxygens (including phenoxy) is 4. The van der Waals surface area contributed by atoms with Gasteiger partial charge in [0, 0.05) is 13.1 Å². The first kappa shape index (κ1) is 20.7. The monoisotopic (exact) mass is 347 g/mol. The van der Waals surface area contributed by atoms with Gasteiger partial charge in [-0.25, -0.2) is 9.59 Å². The van der Waals surface area contributed by atoms with E-state index in [1.165, 1.54) is 0 Å². The summed E-state index contributed by atoms with van der Waals surface area (Å²) in [6.07, 6.45) is 1.41. The molecule has 140 valence electrons. The Bertz CT molecular complexity index is 386. The summed E-state index contributed by atoms with van der Waals surface area (Å²) in [6.45, 7) is 8.00. The molecule has 1 aliphatic rings. The quantitative estimate of drug-likeness (QED) is 0.632. The molecule has 1 fully saturated rings. The van der Waals surface area contributed by atoms with Crippen LogP contribution in [0.3, 0.4) is 0 Å². The lowest BCUT2D eigenvalue weighted by atomic mass is 10.1. The van der Waals surface area contributed by atoms with E-state index in [1.807, 2.05) is 20.8 Å². The molecule has 0 saturated carbocycles. The second-order valence-electron chi connectivity index (χ2n) is 6.60. The highest BCUT2D eigenvalue weighted by Crippen LogP contribution is 2.17. The van der Waals surface area contributed by atoms with E-state index in [4.69, 9.17) is 24.1 Å². The van der Waals surface area contributed by atoms with E-state index in [0.717, 1.165) is 12.8 Å². The predicted octanol–water partition coefficient (Wildman–Crippen LogP) is 1.52. The lowest BCUT2D eigenvalue weighted by Gasteiger charge is -2.33. The number of piperidine rings is 1. The van der Waals surface area contributed by atoms with Crippen molar-refractivity contribution in [1.82, 2.24) is 4.90 Å². The number of carboxylic acids is 1. The molecule has 1 heterocycles. The smallest absolute Gasteiger partial charge is 0.410 e. The standard InChI is InChI=1S/C16H29NO7/c1-16(2,3)24-15(20)17-6-4-13(5-7-17)23-11-10-21-8-9-22-12-14(18)19/h13H,4-12H2,1-3H3,(H,18,19). The zero-order valence-corrected chi connectivity index (χ0v) is 14.8. The number of rotatable bonds is 9. The van der Waals surface area contributed by atoms with E-state index < -0.39 is 11.6 Å². The molecule has 24 heavy (non-hydrogen) atoms. The van der Waals surface area contributed by atoms with Gasteiger partial charge in [0.1, 0.15) is 12.2 Å². The van der Waals surface area contributed by atoms with Crippen LogP contribution in [0.5, 0.6) is 0 Å². The molecule has 8 heteroatoms. The van der Waals surface area contributed by atoms with Crippen LogP contribution in [0, 0.1) is 0 Å². The van der Waals surface area contributed by atoms with E-state index >= 15 is 0 Å². The fraction of sp³-hybridized carbons (Fsp3) is 0.875. The van der Waals surface area contributed by atoms with Crippen molar-refractivity contribution in [3.05, 3.63) is 0 Å². The van der Waals surface area contributed by atoms with Crippen molar-refractivity contribution in [3.8, 4) is 0 Å². The molecule has 0 spiro atoms. The molecular formula is C16H29NO7. The third-order valence-corrected chi connectivity index (χ3v) is 3.27. The Labute approximate surface area is 143 Å². The normalized spacial score (nSPS) is 16.2. The van der Waals surface area contributed by atoms with E-state index in [2.05, 4.69) is 0 Å².